The lowest BCUT2D eigenvalue weighted by Crippen LogP contribution is -2.46. The number of aryl methyl sites for hydroxylation is 1. The molecule has 0 radical (unpaired) electrons. The number of aromatic carboxylic acids is 1. The SMILES string of the molecule is C[C@]12C[C@H](F)[C@@H]3c4ccc(C(=O)O)cc4CC[C@H]3[C@@H]1CC=C2c1cncc(F)c1. The van der Waals surface area contributed by atoms with Gasteiger partial charge in [-0.1, -0.05) is 19.1 Å². The van der Waals surface area contributed by atoms with Crippen LogP contribution in [0, 0.1) is 23.1 Å². The second-order valence-corrected chi connectivity index (χ2v) is 8.94. The van der Waals surface area contributed by atoms with Gasteiger partial charge in [0.2, 0.25) is 0 Å². The van der Waals surface area contributed by atoms with E-state index in [1.807, 2.05) is 6.07 Å². The van der Waals surface area contributed by atoms with Crippen LogP contribution in [0.15, 0.2) is 42.7 Å². The molecule has 0 aliphatic heterocycles. The number of allylic oxidation sites excluding steroid dienone is 2. The minimum atomic E-state index is -1.01. The number of rotatable bonds is 2. The second kappa shape index (κ2) is 6.48. The van der Waals surface area contributed by atoms with Gasteiger partial charge in [0.05, 0.1) is 11.8 Å². The zero-order valence-electron chi connectivity index (χ0n) is 16.2. The first-order chi connectivity index (χ1) is 13.9. The zero-order chi connectivity index (χ0) is 20.3. The van der Waals surface area contributed by atoms with Crippen molar-refractivity contribution in [3.63, 3.8) is 0 Å². The number of hydrogen-bond donors (Lipinski definition) is 1. The first kappa shape index (κ1) is 18.5. The van der Waals surface area contributed by atoms with Gasteiger partial charge in [-0.15, -0.1) is 0 Å². The monoisotopic (exact) mass is 395 g/mol. The molecule has 0 spiro atoms. The molecule has 150 valence electrons. The molecule has 3 aliphatic rings. The van der Waals surface area contributed by atoms with Crippen molar-refractivity contribution in [2.45, 2.75) is 44.7 Å². The lowest BCUT2D eigenvalue weighted by molar-refractivity contribution is 0.0237. The Labute approximate surface area is 168 Å². The third-order valence-corrected chi connectivity index (χ3v) is 7.51. The molecule has 1 saturated carbocycles. The number of nitrogens with zero attached hydrogens (tertiary/aromatic N) is 1. The molecule has 1 N–H and O–H groups in total. The lowest BCUT2D eigenvalue weighted by atomic mass is 9.53. The van der Waals surface area contributed by atoms with E-state index < -0.39 is 12.1 Å². The van der Waals surface area contributed by atoms with Gasteiger partial charge in [-0.2, -0.15) is 0 Å². The van der Waals surface area contributed by atoms with Crippen LogP contribution in [0.5, 0.6) is 0 Å². The maximum absolute atomic E-state index is 15.7. The highest BCUT2D eigenvalue weighted by atomic mass is 19.1. The number of hydrogen-bond acceptors (Lipinski definition) is 2. The summed E-state index contributed by atoms with van der Waals surface area (Å²) in [5, 5.41) is 9.27. The molecule has 1 fully saturated rings. The predicted octanol–water partition coefficient (Wildman–Crippen LogP) is 5.42. The van der Waals surface area contributed by atoms with Gasteiger partial charge in [0.15, 0.2) is 0 Å². The Morgan fingerprint density at radius 3 is 2.86 bits per heavy atom. The summed E-state index contributed by atoms with van der Waals surface area (Å²) in [5.41, 5.74) is 3.64. The Balaban J connectivity index is 1.51. The molecule has 5 rings (SSSR count). The summed E-state index contributed by atoms with van der Waals surface area (Å²) in [6.07, 6.45) is 6.87. The maximum atomic E-state index is 15.7. The van der Waals surface area contributed by atoms with Crippen LogP contribution in [0.25, 0.3) is 5.57 Å². The van der Waals surface area contributed by atoms with Gasteiger partial charge < -0.3 is 5.11 Å². The molecule has 0 saturated heterocycles. The number of fused-ring (bicyclic) bond motifs is 5. The Morgan fingerprint density at radius 2 is 2.10 bits per heavy atom. The molecular formula is C24H23F2NO2. The van der Waals surface area contributed by atoms with Crippen LogP contribution in [0.4, 0.5) is 8.78 Å². The highest BCUT2D eigenvalue weighted by molar-refractivity contribution is 5.88. The Kier molecular flexibility index (Phi) is 4.12. The fourth-order valence-electron chi connectivity index (χ4n) is 6.31. The fourth-order valence-corrected chi connectivity index (χ4v) is 6.31. The Hall–Kier alpha value is -2.56. The normalized spacial score (nSPS) is 32.7. The minimum Gasteiger partial charge on any atom is -0.478 e. The summed E-state index contributed by atoms with van der Waals surface area (Å²) < 4.78 is 29.4. The van der Waals surface area contributed by atoms with Crippen molar-refractivity contribution in [1.29, 1.82) is 0 Å². The summed E-state index contributed by atoms with van der Waals surface area (Å²) >= 11 is 0. The van der Waals surface area contributed by atoms with Crippen LogP contribution in [-0.4, -0.2) is 22.2 Å². The summed E-state index contributed by atoms with van der Waals surface area (Å²) in [7, 11) is 0. The van der Waals surface area contributed by atoms with Crippen LogP contribution in [0.1, 0.15) is 59.2 Å². The smallest absolute Gasteiger partial charge is 0.335 e. The number of halogens is 2. The molecule has 3 nitrogen and oxygen atoms in total. The lowest BCUT2D eigenvalue weighted by Gasteiger charge is -2.51. The van der Waals surface area contributed by atoms with E-state index in [4.69, 9.17) is 0 Å². The number of carboxylic acids is 1. The van der Waals surface area contributed by atoms with Crippen molar-refractivity contribution < 1.29 is 18.7 Å². The average molecular weight is 395 g/mol. The van der Waals surface area contributed by atoms with Gasteiger partial charge in [-0.3, -0.25) is 4.98 Å². The van der Waals surface area contributed by atoms with Crippen LogP contribution >= 0.6 is 0 Å². The summed E-state index contributed by atoms with van der Waals surface area (Å²) in [6, 6.07) is 6.63. The molecule has 2 aromatic rings. The largest absolute Gasteiger partial charge is 0.478 e. The molecule has 0 amide bonds. The van der Waals surface area contributed by atoms with Gasteiger partial charge in [0, 0.05) is 12.1 Å². The van der Waals surface area contributed by atoms with E-state index in [1.54, 1.807) is 18.3 Å². The number of benzene rings is 1. The number of carboxylic acid groups (broad SMARTS) is 1. The maximum Gasteiger partial charge on any atom is 0.335 e. The van der Waals surface area contributed by atoms with Crippen molar-refractivity contribution >= 4 is 11.5 Å². The van der Waals surface area contributed by atoms with Crippen LogP contribution in [0.3, 0.4) is 0 Å². The van der Waals surface area contributed by atoms with E-state index >= 15 is 4.39 Å². The molecule has 0 unspecified atom stereocenters. The summed E-state index contributed by atoms with van der Waals surface area (Å²) in [5.74, 6) is -1.02. The van der Waals surface area contributed by atoms with Crippen molar-refractivity contribution in [2.75, 3.05) is 0 Å². The highest BCUT2D eigenvalue weighted by Crippen LogP contribution is 2.63. The van der Waals surface area contributed by atoms with Crippen LogP contribution < -0.4 is 0 Å². The number of alkyl halides is 1. The molecule has 1 aromatic carbocycles. The quantitative estimate of drug-likeness (QED) is 0.739. The second-order valence-electron chi connectivity index (χ2n) is 8.94. The predicted molar refractivity (Wildman–Crippen MR) is 106 cm³/mol. The van der Waals surface area contributed by atoms with Crippen molar-refractivity contribution in [3.8, 4) is 0 Å². The fraction of sp³-hybridized carbons (Fsp3) is 0.417. The van der Waals surface area contributed by atoms with Crippen molar-refractivity contribution in [3.05, 3.63) is 70.8 Å². The first-order valence-electron chi connectivity index (χ1n) is 10.2. The van der Waals surface area contributed by atoms with Crippen molar-refractivity contribution in [1.82, 2.24) is 4.98 Å². The van der Waals surface area contributed by atoms with Crippen LogP contribution in [0.2, 0.25) is 0 Å². The molecule has 1 heterocycles. The molecule has 29 heavy (non-hydrogen) atoms. The van der Waals surface area contributed by atoms with Gasteiger partial charge in [-0.25, -0.2) is 13.6 Å². The molecular weight excluding hydrogens is 372 g/mol. The zero-order valence-corrected chi connectivity index (χ0v) is 16.2. The van der Waals surface area contributed by atoms with Gasteiger partial charge in [0.1, 0.15) is 12.0 Å². The van der Waals surface area contributed by atoms with E-state index in [9.17, 15) is 14.3 Å². The number of pyridine rings is 1. The van der Waals surface area contributed by atoms with E-state index in [1.165, 1.54) is 12.3 Å². The third kappa shape index (κ3) is 2.74. The molecule has 0 bridgehead atoms. The standard InChI is InChI=1S/C24H23F2NO2/c1-24-10-21(26)22-17-4-3-14(23(28)29)8-13(17)2-5-18(22)20(24)7-6-19(24)15-9-16(25)12-27-11-15/h3-4,6,8-9,11-12,18,20-22H,2,5,7,10H2,1H3,(H,28,29)/t18-,20-,21-,22+,24+/m0/s1. The first-order valence-corrected chi connectivity index (χ1v) is 10.2. The molecule has 5 atom stereocenters. The van der Waals surface area contributed by atoms with Gasteiger partial charge >= 0.3 is 5.97 Å². The Morgan fingerprint density at radius 1 is 1.28 bits per heavy atom. The Bertz CT molecular complexity index is 1030. The third-order valence-electron chi connectivity index (χ3n) is 7.51. The highest BCUT2D eigenvalue weighted by Gasteiger charge is 2.55. The summed E-state index contributed by atoms with van der Waals surface area (Å²) in [4.78, 5) is 15.3. The minimum absolute atomic E-state index is 0.196. The number of carbonyl (C=O) groups is 1. The summed E-state index contributed by atoms with van der Waals surface area (Å²) in [6.45, 7) is 2.12. The van der Waals surface area contributed by atoms with Gasteiger partial charge in [-0.05, 0) is 83.4 Å². The van der Waals surface area contributed by atoms with Gasteiger partial charge in [0.25, 0.3) is 0 Å². The van der Waals surface area contributed by atoms with E-state index in [0.717, 1.165) is 41.5 Å². The van der Waals surface area contributed by atoms with E-state index in [0.29, 0.717) is 12.3 Å². The molecule has 3 aliphatic carbocycles. The average Bonchev–Trinajstić information content (AvgIpc) is 3.03. The van der Waals surface area contributed by atoms with Crippen molar-refractivity contribution in [2.24, 2.45) is 17.3 Å². The molecule has 5 heteroatoms. The van der Waals surface area contributed by atoms with E-state index in [-0.39, 0.29) is 28.6 Å². The topological polar surface area (TPSA) is 50.2 Å². The number of aromatic nitrogens is 1. The van der Waals surface area contributed by atoms with Crippen LogP contribution in [-0.2, 0) is 6.42 Å². The van der Waals surface area contributed by atoms with E-state index in [2.05, 4.69) is 18.0 Å². The molecule has 1 aromatic heterocycles.